The van der Waals surface area contributed by atoms with Gasteiger partial charge in [0.2, 0.25) is 11.7 Å². The molecule has 3 aromatic rings. The zero-order chi connectivity index (χ0) is 20.9. The maximum atomic E-state index is 13.0. The van der Waals surface area contributed by atoms with E-state index in [1.807, 2.05) is 41.3 Å². The van der Waals surface area contributed by atoms with Gasteiger partial charge in [0.15, 0.2) is 0 Å². The SMILES string of the molecule is CCCCc1ccc(C(=O)N2CCCC(c3nc(-c4cccc(Cl)c4)no3)C2)cc1. The molecule has 0 radical (unpaired) electrons. The van der Waals surface area contributed by atoms with Gasteiger partial charge in [0, 0.05) is 29.2 Å². The van der Waals surface area contributed by atoms with Crippen LogP contribution in [-0.2, 0) is 6.42 Å². The number of likely N-dealkylation sites (tertiary alicyclic amines) is 1. The molecule has 2 heterocycles. The van der Waals surface area contributed by atoms with Gasteiger partial charge in [0.05, 0.1) is 5.92 Å². The summed E-state index contributed by atoms with van der Waals surface area (Å²) < 4.78 is 5.54. The van der Waals surface area contributed by atoms with Crippen molar-refractivity contribution in [2.75, 3.05) is 13.1 Å². The van der Waals surface area contributed by atoms with Crippen molar-refractivity contribution in [3.63, 3.8) is 0 Å². The maximum absolute atomic E-state index is 13.0. The summed E-state index contributed by atoms with van der Waals surface area (Å²) in [5.74, 6) is 1.22. The molecule has 1 saturated heterocycles. The zero-order valence-corrected chi connectivity index (χ0v) is 17.9. The van der Waals surface area contributed by atoms with E-state index in [0.29, 0.717) is 23.3 Å². The Hall–Kier alpha value is -2.66. The highest BCUT2D eigenvalue weighted by molar-refractivity contribution is 6.30. The summed E-state index contributed by atoms with van der Waals surface area (Å²) in [7, 11) is 0. The van der Waals surface area contributed by atoms with E-state index in [9.17, 15) is 4.79 Å². The predicted molar refractivity (Wildman–Crippen MR) is 118 cm³/mol. The molecule has 1 atom stereocenters. The van der Waals surface area contributed by atoms with Gasteiger partial charge in [0.25, 0.3) is 5.91 Å². The molecule has 0 aliphatic carbocycles. The van der Waals surface area contributed by atoms with Gasteiger partial charge in [-0.2, -0.15) is 4.98 Å². The first-order valence-electron chi connectivity index (χ1n) is 10.6. The Morgan fingerprint density at radius 3 is 2.83 bits per heavy atom. The number of aryl methyl sites for hydroxylation is 1. The Morgan fingerprint density at radius 1 is 1.23 bits per heavy atom. The summed E-state index contributed by atoms with van der Waals surface area (Å²) in [5.41, 5.74) is 2.84. The number of amides is 1. The number of halogens is 1. The van der Waals surface area contributed by atoms with Crippen molar-refractivity contribution in [3.05, 3.63) is 70.6 Å². The van der Waals surface area contributed by atoms with Crippen LogP contribution in [0.1, 0.15) is 60.3 Å². The molecule has 5 nitrogen and oxygen atoms in total. The van der Waals surface area contributed by atoms with Crippen molar-refractivity contribution in [2.24, 2.45) is 0 Å². The zero-order valence-electron chi connectivity index (χ0n) is 17.2. The number of carbonyl (C=O) groups is 1. The van der Waals surface area contributed by atoms with Crippen LogP contribution in [0.2, 0.25) is 5.02 Å². The van der Waals surface area contributed by atoms with Crippen LogP contribution in [0.4, 0.5) is 0 Å². The lowest BCUT2D eigenvalue weighted by atomic mass is 9.97. The third-order valence-corrected chi connectivity index (χ3v) is 5.84. The Balaban J connectivity index is 1.44. The standard InChI is InChI=1S/C24H26ClN3O2/c1-2-3-6-17-10-12-18(13-11-17)24(29)28-14-5-8-20(16-28)23-26-22(27-30-23)19-7-4-9-21(25)15-19/h4,7,9-13,15,20H,2-3,5-6,8,14,16H2,1H3. The molecule has 0 spiro atoms. The van der Waals surface area contributed by atoms with Gasteiger partial charge < -0.3 is 9.42 Å². The number of carbonyl (C=O) groups excluding carboxylic acids is 1. The lowest BCUT2D eigenvalue weighted by Crippen LogP contribution is -2.39. The van der Waals surface area contributed by atoms with Gasteiger partial charge in [-0.1, -0.05) is 54.4 Å². The second kappa shape index (κ2) is 9.43. The van der Waals surface area contributed by atoms with Crippen LogP contribution >= 0.6 is 11.6 Å². The maximum Gasteiger partial charge on any atom is 0.253 e. The molecule has 1 amide bonds. The number of aromatic nitrogens is 2. The number of benzene rings is 2. The molecule has 4 rings (SSSR count). The normalized spacial score (nSPS) is 16.6. The topological polar surface area (TPSA) is 59.2 Å². The van der Waals surface area contributed by atoms with E-state index in [1.54, 1.807) is 0 Å². The summed E-state index contributed by atoms with van der Waals surface area (Å²) in [6, 6.07) is 15.4. The molecule has 1 aliphatic rings. The number of piperidine rings is 1. The molecule has 1 aliphatic heterocycles. The molecular weight excluding hydrogens is 398 g/mol. The van der Waals surface area contributed by atoms with Crippen LogP contribution < -0.4 is 0 Å². The molecule has 1 aromatic heterocycles. The second-order valence-electron chi connectivity index (χ2n) is 7.86. The van der Waals surface area contributed by atoms with Crippen molar-refractivity contribution in [3.8, 4) is 11.4 Å². The van der Waals surface area contributed by atoms with Crippen LogP contribution in [0.3, 0.4) is 0 Å². The van der Waals surface area contributed by atoms with Crippen LogP contribution in [0, 0.1) is 0 Å². The molecule has 0 saturated carbocycles. The van der Waals surface area contributed by atoms with Crippen LogP contribution in [0.15, 0.2) is 53.1 Å². The van der Waals surface area contributed by atoms with E-state index in [-0.39, 0.29) is 11.8 Å². The molecular formula is C24H26ClN3O2. The van der Waals surface area contributed by atoms with Crippen LogP contribution in [0.25, 0.3) is 11.4 Å². The van der Waals surface area contributed by atoms with E-state index >= 15 is 0 Å². The summed E-state index contributed by atoms with van der Waals surface area (Å²) in [6.07, 6.45) is 5.24. The first-order chi connectivity index (χ1) is 14.6. The van der Waals surface area contributed by atoms with Crippen molar-refractivity contribution in [1.82, 2.24) is 15.0 Å². The minimum atomic E-state index is 0.0481. The van der Waals surface area contributed by atoms with Crippen molar-refractivity contribution >= 4 is 17.5 Å². The van der Waals surface area contributed by atoms with E-state index in [1.165, 1.54) is 18.4 Å². The second-order valence-corrected chi connectivity index (χ2v) is 8.29. The first-order valence-corrected chi connectivity index (χ1v) is 11.0. The van der Waals surface area contributed by atoms with E-state index < -0.39 is 0 Å². The first kappa shape index (κ1) is 20.6. The van der Waals surface area contributed by atoms with Crippen LogP contribution in [-0.4, -0.2) is 34.0 Å². The van der Waals surface area contributed by atoms with E-state index in [0.717, 1.165) is 36.9 Å². The summed E-state index contributed by atoms with van der Waals surface area (Å²) in [4.78, 5) is 19.5. The Kier molecular flexibility index (Phi) is 6.48. The van der Waals surface area contributed by atoms with Gasteiger partial charge in [0.1, 0.15) is 0 Å². The van der Waals surface area contributed by atoms with Gasteiger partial charge in [-0.3, -0.25) is 4.79 Å². The summed E-state index contributed by atoms with van der Waals surface area (Å²) in [6.45, 7) is 3.53. The molecule has 2 aromatic carbocycles. The monoisotopic (exact) mass is 423 g/mol. The summed E-state index contributed by atoms with van der Waals surface area (Å²) >= 11 is 6.07. The fourth-order valence-electron chi connectivity index (χ4n) is 3.89. The van der Waals surface area contributed by atoms with Crippen molar-refractivity contribution in [2.45, 2.75) is 44.9 Å². The fourth-order valence-corrected chi connectivity index (χ4v) is 4.08. The largest absolute Gasteiger partial charge is 0.339 e. The van der Waals surface area contributed by atoms with Gasteiger partial charge in [-0.15, -0.1) is 0 Å². The van der Waals surface area contributed by atoms with Gasteiger partial charge in [-0.25, -0.2) is 0 Å². The fraction of sp³-hybridized carbons (Fsp3) is 0.375. The molecule has 156 valence electrons. The Morgan fingerprint density at radius 2 is 2.07 bits per heavy atom. The number of nitrogens with zero attached hydrogens (tertiary/aromatic N) is 3. The highest BCUT2D eigenvalue weighted by atomic mass is 35.5. The van der Waals surface area contributed by atoms with Gasteiger partial charge in [-0.05, 0) is 55.5 Å². The Bertz CT molecular complexity index is 1000. The van der Waals surface area contributed by atoms with Gasteiger partial charge >= 0.3 is 0 Å². The molecule has 0 bridgehead atoms. The molecule has 30 heavy (non-hydrogen) atoms. The number of hydrogen-bond donors (Lipinski definition) is 0. The lowest BCUT2D eigenvalue weighted by molar-refractivity contribution is 0.0695. The molecule has 1 unspecified atom stereocenters. The average Bonchev–Trinajstić information content (AvgIpc) is 3.28. The minimum Gasteiger partial charge on any atom is -0.339 e. The molecule has 0 N–H and O–H groups in total. The summed E-state index contributed by atoms with van der Waals surface area (Å²) in [5, 5.41) is 4.75. The smallest absolute Gasteiger partial charge is 0.253 e. The number of rotatable bonds is 6. The third-order valence-electron chi connectivity index (χ3n) is 5.60. The average molecular weight is 424 g/mol. The van der Waals surface area contributed by atoms with Crippen molar-refractivity contribution in [1.29, 1.82) is 0 Å². The number of unbranched alkanes of at least 4 members (excludes halogenated alkanes) is 1. The van der Waals surface area contributed by atoms with Crippen molar-refractivity contribution < 1.29 is 9.32 Å². The Labute approximate surface area is 182 Å². The quantitative estimate of drug-likeness (QED) is 0.506. The van der Waals surface area contributed by atoms with E-state index in [4.69, 9.17) is 16.1 Å². The van der Waals surface area contributed by atoms with Crippen LogP contribution in [0.5, 0.6) is 0 Å². The van der Waals surface area contributed by atoms with E-state index in [2.05, 4.69) is 29.2 Å². The predicted octanol–water partition coefficient (Wildman–Crippen LogP) is 5.75. The molecule has 1 fully saturated rings. The lowest BCUT2D eigenvalue weighted by Gasteiger charge is -2.31. The highest BCUT2D eigenvalue weighted by Gasteiger charge is 2.29. The minimum absolute atomic E-state index is 0.0481. The highest BCUT2D eigenvalue weighted by Crippen LogP contribution is 2.29. The molecule has 6 heteroatoms. The third kappa shape index (κ3) is 4.73. The number of hydrogen-bond acceptors (Lipinski definition) is 4.